The fourth-order valence-electron chi connectivity index (χ4n) is 5.22. The van der Waals surface area contributed by atoms with Gasteiger partial charge >= 0.3 is 0 Å². The van der Waals surface area contributed by atoms with Crippen LogP contribution >= 0.6 is 0 Å². The van der Waals surface area contributed by atoms with Crippen molar-refractivity contribution < 1.29 is 14.0 Å². The molecule has 2 aliphatic rings. The summed E-state index contributed by atoms with van der Waals surface area (Å²) in [6, 6.07) is 21.9. The molecule has 3 aromatic carbocycles. The number of halogens is 1. The van der Waals surface area contributed by atoms with Crippen LogP contribution in [0.15, 0.2) is 83.7 Å². The first kappa shape index (κ1) is 22.8. The standard InChI is InChI=1S/C28H22FN5O3/c29-19-10-12-20(13-11-19)30-23(35)14-16-28-17-15-24(36)33(28)22-9-5-4-8-21(22)26-31-27(37)25(32-34(26)28)18-6-2-1-3-7-18/h1-13H,14-17H2,(H,30,35). The Hall–Kier alpha value is -4.66. The van der Waals surface area contributed by atoms with Crippen molar-refractivity contribution in [3.63, 3.8) is 0 Å². The van der Waals surface area contributed by atoms with E-state index in [9.17, 15) is 18.8 Å². The molecule has 0 radical (unpaired) electrons. The summed E-state index contributed by atoms with van der Waals surface area (Å²) in [5, 5.41) is 7.56. The Morgan fingerprint density at radius 2 is 1.70 bits per heavy atom. The summed E-state index contributed by atoms with van der Waals surface area (Å²) >= 11 is 0. The van der Waals surface area contributed by atoms with Crippen molar-refractivity contribution in [3.8, 4) is 22.6 Å². The Bertz CT molecular complexity index is 1590. The molecule has 0 bridgehead atoms. The number of carbonyl (C=O) groups is 2. The predicted octanol–water partition coefficient (Wildman–Crippen LogP) is 4.32. The molecule has 37 heavy (non-hydrogen) atoms. The number of benzene rings is 3. The van der Waals surface area contributed by atoms with Gasteiger partial charge in [0.15, 0.2) is 11.5 Å². The van der Waals surface area contributed by atoms with Gasteiger partial charge in [-0.15, -0.1) is 0 Å². The van der Waals surface area contributed by atoms with Crippen molar-refractivity contribution in [2.45, 2.75) is 31.3 Å². The van der Waals surface area contributed by atoms with Gasteiger partial charge in [-0.05, 0) is 36.4 Å². The molecule has 0 spiro atoms. The number of anilines is 2. The number of aromatic nitrogens is 3. The molecule has 6 rings (SSSR count). The molecule has 9 heteroatoms. The summed E-state index contributed by atoms with van der Waals surface area (Å²) in [7, 11) is 0. The normalized spacial score (nSPS) is 17.6. The van der Waals surface area contributed by atoms with E-state index in [0.717, 1.165) is 0 Å². The van der Waals surface area contributed by atoms with Gasteiger partial charge < -0.3 is 5.32 Å². The maximum atomic E-state index is 13.3. The SMILES string of the molecule is O=C(CCC12CCC(=O)N1c1ccccc1-c1nc(=O)c(-c3ccccc3)nn12)Nc1ccc(F)cc1. The van der Waals surface area contributed by atoms with E-state index in [0.29, 0.717) is 34.7 Å². The van der Waals surface area contributed by atoms with Crippen LogP contribution < -0.4 is 15.8 Å². The second-order valence-electron chi connectivity index (χ2n) is 9.15. The average molecular weight is 496 g/mol. The van der Waals surface area contributed by atoms with Crippen LogP contribution in [-0.2, 0) is 15.3 Å². The Labute approximate surface area is 211 Å². The van der Waals surface area contributed by atoms with Crippen molar-refractivity contribution in [3.05, 3.63) is 95.0 Å². The van der Waals surface area contributed by atoms with Crippen molar-refractivity contribution in [2.75, 3.05) is 10.2 Å². The number of amides is 2. The van der Waals surface area contributed by atoms with E-state index >= 15 is 0 Å². The van der Waals surface area contributed by atoms with Crippen LogP contribution in [0.1, 0.15) is 25.7 Å². The summed E-state index contributed by atoms with van der Waals surface area (Å²) in [6.07, 6.45) is 0.987. The second-order valence-corrected chi connectivity index (χ2v) is 9.15. The predicted molar refractivity (Wildman–Crippen MR) is 136 cm³/mol. The van der Waals surface area contributed by atoms with Crippen LogP contribution in [0.5, 0.6) is 0 Å². The zero-order chi connectivity index (χ0) is 25.6. The van der Waals surface area contributed by atoms with Crippen molar-refractivity contribution in [1.29, 1.82) is 0 Å². The zero-order valence-electron chi connectivity index (χ0n) is 19.7. The van der Waals surface area contributed by atoms with Crippen LogP contribution in [0.2, 0.25) is 0 Å². The summed E-state index contributed by atoms with van der Waals surface area (Å²) in [5.41, 5.74) is 1.08. The third-order valence-electron chi connectivity index (χ3n) is 6.92. The Kier molecular flexibility index (Phi) is 5.40. The topological polar surface area (TPSA) is 97.2 Å². The van der Waals surface area contributed by atoms with E-state index in [1.54, 1.807) is 21.7 Å². The number of nitrogens with one attached hydrogen (secondary N) is 1. The minimum atomic E-state index is -1.01. The van der Waals surface area contributed by atoms with E-state index in [-0.39, 0.29) is 36.8 Å². The van der Waals surface area contributed by atoms with E-state index in [2.05, 4.69) is 10.3 Å². The molecule has 1 atom stereocenters. The van der Waals surface area contributed by atoms with Crippen LogP contribution in [0, 0.1) is 5.82 Å². The molecule has 3 heterocycles. The van der Waals surface area contributed by atoms with Gasteiger partial charge in [0.2, 0.25) is 11.8 Å². The Morgan fingerprint density at radius 3 is 2.49 bits per heavy atom. The summed E-state index contributed by atoms with van der Waals surface area (Å²) in [4.78, 5) is 45.4. The first-order chi connectivity index (χ1) is 18.0. The van der Waals surface area contributed by atoms with Crippen molar-refractivity contribution in [1.82, 2.24) is 14.8 Å². The van der Waals surface area contributed by atoms with E-state index in [4.69, 9.17) is 5.10 Å². The van der Waals surface area contributed by atoms with Gasteiger partial charge in [-0.3, -0.25) is 19.3 Å². The number of hydrogen-bond acceptors (Lipinski definition) is 5. The molecule has 2 amide bonds. The highest BCUT2D eigenvalue weighted by Crippen LogP contribution is 2.49. The van der Waals surface area contributed by atoms with Crippen LogP contribution in [0.25, 0.3) is 22.6 Å². The maximum Gasteiger partial charge on any atom is 0.300 e. The van der Waals surface area contributed by atoms with Crippen molar-refractivity contribution >= 4 is 23.2 Å². The smallest absolute Gasteiger partial charge is 0.300 e. The van der Waals surface area contributed by atoms with Crippen LogP contribution in [-0.4, -0.2) is 26.6 Å². The van der Waals surface area contributed by atoms with Gasteiger partial charge in [-0.2, -0.15) is 10.1 Å². The number of nitrogens with zero attached hydrogens (tertiary/aromatic N) is 4. The first-order valence-electron chi connectivity index (χ1n) is 12.0. The minimum Gasteiger partial charge on any atom is -0.326 e. The van der Waals surface area contributed by atoms with Gasteiger partial charge in [0, 0.05) is 42.5 Å². The largest absolute Gasteiger partial charge is 0.326 e. The van der Waals surface area contributed by atoms with Crippen LogP contribution in [0.3, 0.4) is 0 Å². The summed E-state index contributed by atoms with van der Waals surface area (Å²) < 4.78 is 14.9. The quantitative estimate of drug-likeness (QED) is 0.445. The highest BCUT2D eigenvalue weighted by Gasteiger charge is 2.53. The molecule has 0 aliphatic carbocycles. The number of para-hydroxylation sites is 1. The molecule has 1 unspecified atom stereocenters. The number of fused-ring (bicyclic) bond motifs is 6. The van der Waals surface area contributed by atoms with Gasteiger partial charge in [-0.25, -0.2) is 9.07 Å². The summed E-state index contributed by atoms with van der Waals surface area (Å²) in [5.74, 6) is -0.390. The minimum absolute atomic E-state index is 0.0667. The lowest BCUT2D eigenvalue weighted by molar-refractivity contribution is -0.119. The zero-order valence-corrected chi connectivity index (χ0v) is 19.7. The highest BCUT2D eigenvalue weighted by atomic mass is 19.1. The highest BCUT2D eigenvalue weighted by molar-refractivity contribution is 6.01. The number of rotatable bonds is 5. The van der Waals surface area contributed by atoms with Crippen LogP contribution in [0.4, 0.5) is 15.8 Å². The fraction of sp³-hybridized carbons (Fsp3) is 0.179. The monoisotopic (exact) mass is 495 g/mol. The lowest BCUT2D eigenvalue weighted by Crippen LogP contribution is -2.53. The number of carbonyl (C=O) groups excluding carboxylic acids is 2. The van der Waals surface area contributed by atoms with Gasteiger partial charge in [0.25, 0.3) is 5.56 Å². The molecule has 1 aromatic heterocycles. The van der Waals surface area contributed by atoms with Gasteiger partial charge in [-0.1, -0.05) is 42.5 Å². The second kappa shape index (κ2) is 8.77. The lowest BCUT2D eigenvalue weighted by Gasteiger charge is -2.44. The molecule has 8 nitrogen and oxygen atoms in total. The van der Waals surface area contributed by atoms with E-state index in [1.165, 1.54) is 24.3 Å². The molecule has 1 fully saturated rings. The number of hydrogen-bond donors (Lipinski definition) is 1. The Morgan fingerprint density at radius 1 is 0.973 bits per heavy atom. The van der Waals surface area contributed by atoms with Gasteiger partial charge in [0.1, 0.15) is 11.5 Å². The molecule has 184 valence electrons. The molecule has 4 aromatic rings. The molecule has 0 saturated carbocycles. The lowest BCUT2D eigenvalue weighted by atomic mass is 9.95. The molecule has 2 aliphatic heterocycles. The summed E-state index contributed by atoms with van der Waals surface area (Å²) in [6.45, 7) is 0. The first-order valence-corrected chi connectivity index (χ1v) is 12.0. The molecule has 1 N–H and O–H groups in total. The van der Waals surface area contributed by atoms with E-state index < -0.39 is 17.0 Å². The van der Waals surface area contributed by atoms with Gasteiger partial charge in [0.05, 0.1) is 5.69 Å². The molecule has 1 saturated heterocycles. The third-order valence-corrected chi connectivity index (χ3v) is 6.92. The van der Waals surface area contributed by atoms with Crippen molar-refractivity contribution in [2.24, 2.45) is 0 Å². The van der Waals surface area contributed by atoms with E-state index in [1.807, 2.05) is 42.5 Å². The fourth-order valence-corrected chi connectivity index (χ4v) is 5.22. The molecular weight excluding hydrogens is 473 g/mol. The Balaban J connectivity index is 1.45. The maximum absolute atomic E-state index is 13.3. The third kappa shape index (κ3) is 3.79. The average Bonchev–Trinajstić information content (AvgIpc) is 3.26. The molecular formula is C28H22FN5O3.